The summed E-state index contributed by atoms with van der Waals surface area (Å²) < 4.78 is 1.88. The fourth-order valence-corrected chi connectivity index (χ4v) is 4.86. The number of aliphatic hydroxyl groups excluding tert-OH is 1. The first-order chi connectivity index (χ1) is 12.3. The summed E-state index contributed by atoms with van der Waals surface area (Å²) in [5.41, 5.74) is 0.837. The first-order valence-electron chi connectivity index (χ1n) is 8.68. The van der Waals surface area contributed by atoms with Crippen LogP contribution in [0.5, 0.6) is 5.75 Å². The largest absolute Gasteiger partial charge is 0.508 e. The van der Waals surface area contributed by atoms with E-state index in [4.69, 9.17) is 0 Å². The van der Waals surface area contributed by atoms with Gasteiger partial charge in [-0.15, -0.1) is 0 Å². The maximum absolute atomic E-state index is 11.1. The lowest BCUT2D eigenvalue weighted by atomic mass is 9.83. The van der Waals surface area contributed by atoms with Gasteiger partial charge in [-0.2, -0.15) is 0 Å². The predicted molar refractivity (Wildman–Crippen MR) is 109 cm³/mol. The van der Waals surface area contributed by atoms with Gasteiger partial charge in [-0.1, -0.05) is 44.0 Å². The lowest BCUT2D eigenvalue weighted by molar-refractivity contribution is -0.0502. The van der Waals surface area contributed by atoms with Gasteiger partial charge in [-0.3, -0.25) is 4.90 Å². The molecule has 1 heterocycles. The minimum Gasteiger partial charge on any atom is -0.508 e. The zero-order valence-electron chi connectivity index (χ0n) is 14.6. The Balaban J connectivity index is 1.68. The molecule has 0 saturated carbocycles. The number of piperidine rings is 1. The normalized spacial score (nSPS) is 19.9. The third-order valence-electron chi connectivity index (χ3n) is 5.29. The van der Waals surface area contributed by atoms with Crippen LogP contribution in [-0.4, -0.2) is 39.4 Å². The highest BCUT2D eigenvalue weighted by atomic mass is 79.9. The maximum Gasteiger partial charge on any atom is 0.115 e. The van der Waals surface area contributed by atoms with Crippen molar-refractivity contribution in [2.75, 3.05) is 13.1 Å². The van der Waals surface area contributed by atoms with E-state index in [2.05, 4.69) is 36.8 Å². The number of nitrogens with zero attached hydrogens (tertiary/aromatic N) is 1. The summed E-state index contributed by atoms with van der Waals surface area (Å²) in [4.78, 5) is 2.21. The van der Waals surface area contributed by atoms with Crippen LogP contribution in [0.4, 0.5) is 0 Å². The molecule has 1 aliphatic heterocycles. The van der Waals surface area contributed by atoms with Crippen LogP contribution in [0.25, 0.3) is 0 Å². The van der Waals surface area contributed by atoms with Crippen molar-refractivity contribution in [2.24, 2.45) is 0 Å². The Morgan fingerprint density at radius 3 is 2.08 bits per heavy atom. The summed E-state index contributed by atoms with van der Waals surface area (Å²) >= 11 is 6.97. The molecule has 4 nitrogen and oxygen atoms in total. The second kappa shape index (κ2) is 7.98. The van der Waals surface area contributed by atoms with Crippen LogP contribution in [0, 0.1) is 0 Å². The maximum atomic E-state index is 11.1. The third kappa shape index (κ3) is 4.31. The standard InChI is InChI=1S/C20H23Br2NO3/c1-13(19(25)14-2-4-18(24)5-3-14)23-8-6-20(26,7-9-23)15-10-16(21)12-17(22)11-15/h2-5,10-13,19,24-26H,6-9H2,1H3/t13-,19+/m1/s1. The van der Waals surface area contributed by atoms with Gasteiger partial charge in [0.2, 0.25) is 0 Å². The van der Waals surface area contributed by atoms with E-state index in [1.165, 1.54) is 0 Å². The summed E-state index contributed by atoms with van der Waals surface area (Å²) in [7, 11) is 0. The van der Waals surface area contributed by atoms with Gasteiger partial charge in [0.05, 0.1) is 11.7 Å². The minimum atomic E-state index is -0.855. The Morgan fingerprint density at radius 2 is 1.54 bits per heavy atom. The van der Waals surface area contributed by atoms with Crippen LogP contribution < -0.4 is 0 Å². The van der Waals surface area contributed by atoms with Crippen molar-refractivity contribution < 1.29 is 15.3 Å². The van der Waals surface area contributed by atoms with Crippen LogP contribution in [0.3, 0.4) is 0 Å². The molecule has 3 rings (SSSR count). The minimum absolute atomic E-state index is 0.0710. The van der Waals surface area contributed by atoms with Crippen molar-refractivity contribution in [2.45, 2.75) is 37.5 Å². The second-order valence-corrected chi connectivity index (χ2v) is 8.83. The number of phenolic OH excluding ortho intramolecular Hbond substituents is 1. The van der Waals surface area contributed by atoms with E-state index in [1.807, 2.05) is 25.1 Å². The quantitative estimate of drug-likeness (QED) is 0.604. The molecular formula is C20H23Br2NO3. The molecule has 0 radical (unpaired) electrons. The van der Waals surface area contributed by atoms with Crippen molar-refractivity contribution in [1.82, 2.24) is 4.90 Å². The summed E-state index contributed by atoms with van der Waals surface area (Å²) in [5.74, 6) is 0.192. The molecule has 0 amide bonds. The van der Waals surface area contributed by atoms with E-state index in [-0.39, 0.29) is 11.8 Å². The predicted octanol–water partition coefficient (Wildman–Crippen LogP) is 4.32. The van der Waals surface area contributed by atoms with Gasteiger partial charge in [-0.05, 0) is 61.2 Å². The molecule has 26 heavy (non-hydrogen) atoms. The number of likely N-dealkylation sites (tertiary alicyclic amines) is 1. The molecule has 0 aromatic heterocycles. The van der Waals surface area contributed by atoms with Crippen molar-refractivity contribution in [3.63, 3.8) is 0 Å². The molecule has 0 spiro atoms. The first-order valence-corrected chi connectivity index (χ1v) is 10.3. The summed E-state index contributed by atoms with van der Waals surface area (Å²) in [6.45, 7) is 3.41. The number of benzene rings is 2. The van der Waals surface area contributed by atoms with Gasteiger partial charge in [0.1, 0.15) is 5.75 Å². The Bertz CT molecular complexity index is 738. The van der Waals surface area contributed by atoms with E-state index < -0.39 is 11.7 Å². The molecule has 2 aromatic carbocycles. The lowest BCUT2D eigenvalue weighted by Crippen LogP contribution is -2.47. The average molecular weight is 485 g/mol. The van der Waals surface area contributed by atoms with Crippen molar-refractivity contribution in [3.05, 3.63) is 62.5 Å². The molecule has 1 fully saturated rings. The molecule has 2 atom stereocenters. The van der Waals surface area contributed by atoms with Gasteiger partial charge in [0.25, 0.3) is 0 Å². The summed E-state index contributed by atoms with van der Waals surface area (Å²) in [6, 6.07) is 12.5. The molecule has 0 aliphatic carbocycles. The van der Waals surface area contributed by atoms with Crippen LogP contribution in [0.15, 0.2) is 51.4 Å². The Morgan fingerprint density at radius 1 is 1.00 bits per heavy atom. The van der Waals surface area contributed by atoms with E-state index in [1.54, 1.807) is 24.3 Å². The van der Waals surface area contributed by atoms with Crippen LogP contribution >= 0.6 is 31.9 Å². The van der Waals surface area contributed by atoms with Crippen LogP contribution in [0.2, 0.25) is 0 Å². The van der Waals surface area contributed by atoms with E-state index in [9.17, 15) is 15.3 Å². The highest BCUT2D eigenvalue weighted by molar-refractivity contribution is 9.11. The van der Waals surface area contributed by atoms with E-state index in [0.29, 0.717) is 25.9 Å². The van der Waals surface area contributed by atoms with E-state index >= 15 is 0 Å². The zero-order valence-corrected chi connectivity index (χ0v) is 17.7. The number of hydrogen-bond donors (Lipinski definition) is 3. The number of hydrogen-bond acceptors (Lipinski definition) is 4. The van der Waals surface area contributed by atoms with Gasteiger partial charge in [0, 0.05) is 28.1 Å². The van der Waals surface area contributed by atoms with Crippen molar-refractivity contribution in [1.29, 1.82) is 0 Å². The monoisotopic (exact) mass is 483 g/mol. The fraction of sp³-hybridized carbons (Fsp3) is 0.400. The number of halogens is 2. The Kier molecular flexibility index (Phi) is 6.09. The number of rotatable bonds is 4. The van der Waals surface area contributed by atoms with Gasteiger partial charge < -0.3 is 15.3 Å². The zero-order chi connectivity index (χ0) is 18.9. The molecule has 2 aromatic rings. The molecule has 0 unspecified atom stereocenters. The first kappa shape index (κ1) is 19.8. The SMILES string of the molecule is C[C@H]([C@H](O)c1ccc(O)cc1)N1CCC(O)(c2cc(Br)cc(Br)c2)CC1. The summed E-state index contributed by atoms with van der Waals surface area (Å²) in [6.07, 6.45) is 0.590. The Labute approximate surface area is 170 Å². The van der Waals surface area contributed by atoms with Gasteiger partial charge in [-0.25, -0.2) is 0 Å². The van der Waals surface area contributed by atoms with Gasteiger partial charge in [0.15, 0.2) is 0 Å². The highest BCUT2D eigenvalue weighted by Crippen LogP contribution is 2.37. The van der Waals surface area contributed by atoms with Crippen molar-refractivity contribution in [3.8, 4) is 5.75 Å². The molecule has 1 saturated heterocycles. The number of phenols is 1. The molecule has 3 N–H and O–H groups in total. The Hall–Kier alpha value is -0.920. The second-order valence-electron chi connectivity index (χ2n) is 7.00. The fourth-order valence-electron chi connectivity index (χ4n) is 3.56. The molecular weight excluding hydrogens is 462 g/mol. The van der Waals surface area contributed by atoms with Gasteiger partial charge >= 0.3 is 0 Å². The average Bonchev–Trinajstić information content (AvgIpc) is 2.61. The number of aliphatic hydroxyl groups is 2. The van der Waals surface area contributed by atoms with Crippen LogP contribution in [0.1, 0.15) is 37.0 Å². The number of aromatic hydroxyl groups is 1. The highest BCUT2D eigenvalue weighted by Gasteiger charge is 2.37. The summed E-state index contributed by atoms with van der Waals surface area (Å²) in [5, 5.41) is 31.2. The van der Waals surface area contributed by atoms with Crippen molar-refractivity contribution >= 4 is 31.9 Å². The molecule has 1 aliphatic rings. The third-order valence-corrected chi connectivity index (χ3v) is 6.21. The van der Waals surface area contributed by atoms with Crippen LogP contribution in [-0.2, 0) is 5.60 Å². The molecule has 0 bridgehead atoms. The molecule has 6 heteroatoms. The topological polar surface area (TPSA) is 63.9 Å². The lowest BCUT2D eigenvalue weighted by Gasteiger charge is -2.42. The smallest absolute Gasteiger partial charge is 0.115 e. The van der Waals surface area contributed by atoms with E-state index in [0.717, 1.165) is 20.1 Å². The molecule has 140 valence electrons.